The number of nitrogens with two attached hydrogens (primary N) is 1. The first-order valence-corrected chi connectivity index (χ1v) is 9.24. The lowest BCUT2D eigenvalue weighted by atomic mass is 9.97. The summed E-state index contributed by atoms with van der Waals surface area (Å²) in [4.78, 5) is 27.6. The number of carbonyl (C=O) groups is 2. The molecule has 0 aliphatic carbocycles. The molecule has 2 aromatic rings. The summed E-state index contributed by atoms with van der Waals surface area (Å²) in [6, 6.07) is 7.07. The molecule has 0 spiro atoms. The zero-order valence-corrected chi connectivity index (χ0v) is 15.6. The summed E-state index contributed by atoms with van der Waals surface area (Å²) < 4.78 is 0. The first-order chi connectivity index (χ1) is 13.1. The number of hydrogen-bond acceptors (Lipinski definition) is 6. The lowest BCUT2D eigenvalue weighted by Gasteiger charge is -2.31. The van der Waals surface area contributed by atoms with Gasteiger partial charge in [0.25, 0.3) is 0 Å². The maximum absolute atomic E-state index is 12.6. The first kappa shape index (κ1) is 19.2. The minimum atomic E-state index is -0.206. The van der Waals surface area contributed by atoms with Gasteiger partial charge >= 0.3 is 0 Å². The van der Waals surface area contributed by atoms with E-state index in [1.807, 2.05) is 0 Å². The van der Waals surface area contributed by atoms with Crippen LogP contribution in [-0.4, -0.2) is 63.1 Å². The van der Waals surface area contributed by atoms with Gasteiger partial charge in [0.2, 0.25) is 17.6 Å². The Labute approximate surface area is 161 Å². The Morgan fingerprint density at radius 1 is 1.30 bits per heavy atom. The van der Waals surface area contributed by atoms with E-state index in [9.17, 15) is 9.59 Å². The molecule has 2 amide bonds. The molecule has 1 aromatic heterocycles. The van der Waals surface area contributed by atoms with Gasteiger partial charge in [-0.15, -0.1) is 10.2 Å². The summed E-state index contributed by atoms with van der Waals surface area (Å²) in [6.45, 7) is 1.85. The normalized spacial score (nSPS) is 17.0. The topological polar surface area (TPSA) is 119 Å². The van der Waals surface area contributed by atoms with Crippen LogP contribution in [0.5, 0.6) is 0 Å². The van der Waals surface area contributed by atoms with Gasteiger partial charge in [-0.2, -0.15) is 4.80 Å². The van der Waals surface area contributed by atoms with E-state index in [0.29, 0.717) is 37.0 Å². The second-order valence-electron chi connectivity index (χ2n) is 6.41. The smallest absolute Gasteiger partial charge is 0.246 e. The monoisotopic (exact) mass is 391 g/mol. The molecule has 3 N–H and O–H groups in total. The maximum atomic E-state index is 12.6. The second-order valence-corrected chi connectivity index (χ2v) is 6.85. The molecule has 1 aliphatic rings. The Morgan fingerprint density at radius 3 is 2.81 bits per heavy atom. The average Bonchev–Trinajstić information content (AvgIpc) is 3.15. The number of aromatic nitrogens is 4. The van der Waals surface area contributed by atoms with Crippen LogP contribution in [0.3, 0.4) is 0 Å². The zero-order chi connectivity index (χ0) is 19.2. The van der Waals surface area contributed by atoms with Gasteiger partial charge in [-0.3, -0.25) is 9.59 Å². The molecule has 1 unspecified atom stereocenters. The number of rotatable bonds is 6. The third kappa shape index (κ3) is 5.01. The fourth-order valence-electron chi connectivity index (χ4n) is 3.00. The van der Waals surface area contributed by atoms with Crippen molar-refractivity contribution >= 4 is 23.4 Å². The molecule has 1 atom stereocenters. The fourth-order valence-corrected chi connectivity index (χ4v) is 3.13. The van der Waals surface area contributed by atoms with Crippen LogP contribution in [0.25, 0.3) is 11.4 Å². The molecule has 27 heavy (non-hydrogen) atoms. The molecule has 10 heteroatoms. The highest BCUT2D eigenvalue weighted by Crippen LogP contribution is 2.18. The molecule has 2 heterocycles. The maximum Gasteiger partial charge on any atom is 0.246 e. The van der Waals surface area contributed by atoms with Crippen LogP contribution in [0.1, 0.15) is 12.8 Å². The number of amides is 2. The predicted octanol–water partition coefficient (Wildman–Crippen LogP) is 0.307. The number of piperidine rings is 1. The van der Waals surface area contributed by atoms with Crippen LogP contribution in [0.4, 0.5) is 0 Å². The molecule has 9 nitrogen and oxygen atoms in total. The van der Waals surface area contributed by atoms with Crippen molar-refractivity contribution in [3.05, 3.63) is 29.3 Å². The van der Waals surface area contributed by atoms with Crippen molar-refractivity contribution < 1.29 is 9.59 Å². The van der Waals surface area contributed by atoms with Crippen molar-refractivity contribution in [1.82, 2.24) is 30.4 Å². The lowest BCUT2D eigenvalue weighted by molar-refractivity contribution is -0.136. The zero-order valence-electron chi connectivity index (χ0n) is 14.8. The van der Waals surface area contributed by atoms with Gasteiger partial charge in [0.05, 0.1) is 5.92 Å². The van der Waals surface area contributed by atoms with Gasteiger partial charge in [0.15, 0.2) is 0 Å². The Hall–Kier alpha value is -2.52. The molecule has 1 fully saturated rings. The van der Waals surface area contributed by atoms with Crippen LogP contribution < -0.4 is 11.1 Å². The molecule has 0 bridgehead atoms. The summed E-state index contributed by atoms with van der Waals surface area (Å²) in [5.74, 6) is 0.0352. The first-order valence-electron chi connectivity index (χ1n) is 8.86. The Kier molecular flexibility index (Phi) is 6.36. The quantitative estimate of drug-likeness (QED) is 0.731. The van der Waals surface area contributed by atoms with Gasteiger partial charge in [-0.25, -0.2) is 0 Å². The number of carbonyl (C=O) groups excluding carboxylic acids is 2. The van der Waals surface area contributed by atoms with E-state index in [4.69, 9.17) is 17.3 Å². The van der Waals surface area contributed by atoms with Crippen molar-refractivity contribution in [3.8, 4) is 11.4 Å². The molecule has 144 valence electrons. The third-order valence-electron chi connectivity index (χ3n) is 4.42. The fraction of sp³-hybridized carbons (Fsp3) is 0.471. The van der Waals surface area contributed by atoms with E-state index in [0.717, 1.165) is 18.4 Å². The molecular formula is C17H22ClN7O2. The lowest BCUT2D eigenvalue weighted by Crippen LogP contribution is -2.47. The van der Waals surface area contributed by atoms with Crippen molar-refractivity contribution in [2.45, 2.75) is 19.4 Å². The molecule has 1 saturated heterocycles. The Bertz CT molecular complexity index is 793. The summed E-state index contributed by atoms with van der Waals surface area (Å²) in [5, 5.41) is 15.6. The van der Waals surface area contributed by atoms with E-state index in [1.54, 1.807) is 29.2 Å². The summed E-state index contributed by atoms with van der Waals surface area (Å²) >= 11 is 5.87. The van der Waals surface area contributed by atoms with E-state index in [2.05, 4.69) is 20.7 Å². The predicted molar refractivity (Wildman–Crippen MR) is 99.6 cm³/mol. The van der Waals surface area contributed by atoms with Crippen LogP contribution in [0, 0.1) is 5.92 Å². The standard InChI is InChI=1S/C17H22ClN7O2/c18-14-5-3-12(4-6-14)16-21-23-25(22-16)11-15(26)24-9-1-2-13(10-24)17(27)20-8-7-19/h3-6,13H,1-2,7-11,19H2,(H,20,27). The molecule has 3 rings (SSSR count). The van der Waals surface area contributed by atoms with E-state index >= 15 is 0 Å². The average molecular weight is 392 g/mol. The highest BCUT2D eigenvalue weighted by atomic mass is 35.5. The van der Waals surface area contributed by atoms with Gasteiger partial charge < -0.3 is 16.0 Å². The molecular weight excluding hydrogens is 370 g/mol. The summed E-state index contributed by atoms with van der Waals surface area (Å²) in [5.41, 5.74) is 6.18. The molecule has 0 radical (unpaired) electrons. The van der Waals surface area contributed by atoms with E-state index in [1.165, 1.54) is 4.80 Å². The Morgan fingerprint density at radius 2 is 2.07 bits per heavy atom. The van der Waals surface area contributed by atoms with E-state index < -0.39 is 0 Å². The third-order valence-corrected chi connectivity index (χ3v) is 4.67. The Balaban J connectivity index is 1.58. The minimum Gasteiger partial charge on any atom is -0.355 e. The largest absolute Gasteiger partial charge is 0.355 e. The second kappa shape index (κ2) is 8.92. The van der Waals surface area contributed by atoms with Gasteiger partial charge in [0, 0.05) is 36.8 Å². The highest BCUT2D eigenvalue weighted by molar-refractivity contribution is 6.30. The number of benzene rings is 1. The summed E-state index contributed by atoms with van der Waals surface area (Å²) in [7, 11) is 0. The van der Waals surface area contributed by atoms with Crippen LogP contribution in [0.15, 0.2) is 24.3 Å². The SMILES string of the molecule is NCCNC(=O)C1CCCN(C(=O)Cn2nnc(-c3ccc(Cl)cc3)n2)C1. The van der Waals surface area contributed by atoms with Crippen molar-refractivity contribution in [2.75, 3.05) is 26.2 Å². The van der Waals surface area contributed by atoms with Gasteiger partial charge in [0.1, 0.15) is 6.54 Å². The van der Waals surface area contributed by atoms with Crippen LogP contribution in [-0.2, 0) is 16.1 Å². The van der Waals surface area contributed by atoms with Gasteiger partial charge in [-0.05, 0) is 42.3 Å². The number of tetrazole rings is 1. The molecule has 1 aromatic carbocycles. The van der Waals surface area contributed by atoms with Crippen molar-refractivity contribution in [1.29, 1.82) is 0 Å². The van der Waals surface area contributed by atoms with E-state index in [-0.39, 0.29) is 24.3 Å². The van der Waals surface area contributed by atoms with Crippen LogP contribution >= 0.6 is 11.6 Å². The summed E-state index contributed by atoms with van der Waals surface area (Å²) in [6.07, 6.45) is 1.55. The van der Waals surface area contributed by atoms with Gasteiger partial charge in [-0.1, -0.05) is 11.6 Å². The van der Waals surface area contributed by atoms with Crippen LogP contribution in [0.2, 0.25) is 5.02 Å². The molecule has 0 saturated carbocycles. The van der Waals surface area contributed by atoms with Crippen molar-refractivity contribution in [3.63, 3.8) is 0 Å². The van der Waals surface area contributed by atoms with Crippen molar-refractivity contribution in [2.24, 2.45) is 11.7 Å². The number of halogens is 1. The number of hydrogen-bond donors (Lipinski definition) is 2. The number of nitrogens with zero attached hydrogens (tertiary/aromatic N) is 5. The minimum absolute atomic E-state index is 0.0161. The number of nitrogens with one attached hydrogen (secondary N) is 1. The number of likely N-dealkylation sites (tertiary alicyclic amines) is 1. The molecule has 1 aliphatic heterocycles. The highest BCUT2D eigenvalue weighted by Gasteiger charge is 2.28.